The van der Waals surface area contributed by atoms with Gasteiger partial charge in [-0.1, -0.05) is 12.1 Å². The Morgan fingerprint density at radius 2 is 2.18 bits per heavy atom. The minimum absolute atomic E-state index is 0.0167. The fraction of sp³-hybridized carbons (Fsp3) is 0.278. The van der Waals surface area contributed by atoms with Gasteiger partial charge < -0.3 is 15.4 Å². The van der Waals surface area contributed by atoms with Crippen molar-refractivity contribution in [1.29, 1.82) is 0 Å². The van der Waals surface area contributed by atoms with Crippen molar-refractivity contribution in [3.8, 4) is 5.75 Å². The first-order valence-electron chi connectivity index (χ1n) is 7.54. The van der Waals surface area contributed by atoms with Crippen LogP contribution in [0, 0.1) is 0 Å². The lowest BCUT2D eigenvalue weighted by atomic mass is 10.0. The van der Waals surface area contributed by atoms with E-state index in [-0.39, 0.29) is 5.91 Å². The number of benzene rings is 2. The average Bonchev–Trinajstić information content (AvgIpc) is 2.55. The lowest BCUT2D eigenvalue weighted by Gasteiger charge is -2.18. The van der Waals surface area contributed by atoms with Gasteiger partial charge in [-0.15, -0.1) is 0 Å². The van der Waals surface area contributed by atoms with Gasteiger partial charge in [0.25, 0.3) is 0 Å². The normalized spacial score (nSPS) is 13.0. The number of methoxy groups -OCH3 is 1. The minimum atomic E-state index is -0.0167. The highest BCUT2D eigenvalue weighted by atomic mass is 16.5. The van der Waals surface area contributed by atoms with Crippen LogP contribution in [0.25, 0.3) is 0 Å². The van der Waals surface area contributed by atoms with E-state index in [1.165, 1.54) is 11.3 Å². The van der Waals surface area contributed by atoms with Gasteiger partial charge in [0.15, 0.2) is 0 Å². The van der Waals surface area contributed by atoms with Crippen LogP contribution < -0.4 is 15.4 Å². The van der Waals surface area contributed by atoms with E-state index in [9.17, 15) is 4.79 Å². The van der Waals surface area contributed by atoms with E-state index < -0.39 is 0 Å². The molecule has 0 saturated carbocycles. The number of carbonyl (C=O) groups excluding carboxylic acids is 1. The maximum absolute atomic E-state index is 12.2. The van der Waals surface area contributed by atoms with Gasteiger partial charge in [0.05, 0.1) is 13.5 Å². The number of amides is 1. The monoisotopic (exact) mass is 296 g/mol. The SMILES string of the molecule is COc1cccc(CC(=O)Nc2ccc3c(c2)CCCN3)c1. The highest BCUT2D eigenvalue weighted by Crippen LogP contribution is 2.25. The number of nitrogens with one attached hydrogen (secondary N) is 2. The zero-order valence-electron chi connectivity index (χ0n) is 12.7. The molecule has 22 heavy (non-hydrogen) atoms. The third-order valence-corrected chi connectivity index (χ3v) is 3.83. The number of rotatable bonds is 4. The van der Waals surface area contributed by atoms with E-state index in [4.69, 9.17) is 4.74 Å². The molecule has 1 aliphatic heterocycles. The third-order valence-electron chi connectivity index (χ3n) is 3.83. The molecule has 0 radical (unpaired) electrons. The summed E-state index contributed by atoms with van der Waals surface area (Å²) in [5.41, 5.74) is 4.24. The second-order valence-electron chi connectivity index (χ2n) is 5.48. The molecule has 4 heteroatoms. The lowest BCUT2D eigenvalue weighted by molar-refractivity contribution is -0.115. The molecule has 2 aromatic carbocycles. The Kier molecular flexibility index (Phi) is 4.28. The highest BCUT2D eigenvalue weighted by Gasteiger charge is 2.10. The summed E-state index contributed by atoms with van der Waals surface area (Å²) < 4.78 is 5.18. The summed E-state index contributed by atoms with van der Waals surface area (Å²) in [4.78, 5) is 12.2. The number of anilines is 2. The predicted molar refractivity (Wildman–Crippen MR) is 88.6 cm³/mol. The zero-order chi connectivity index (χ0) is 15.4. The molecule has 4 nitrogen and oxygen atoms in total. The van der Waals surface area contributed by atoms with E-state index in [1.54, 1.807) is 7.11 Å². The molecule has 0 unspecified atom stereocenters. The molecule has 114 valence electrons. The fourth-order valence-corrected chi connectivity index (χ4v) is 2.73. The third kappa shape index (κ3) is 3.39. The molecule has 1 heterocycles. The van der Waals surface area contributed by atoms with Gasteiger partial charge >= 0.3 is 0 Å². The second-order valence-corrected chi connectivity index (χ2v) is 5.48. The Morgan fingerprint density at radius 1 is 1.27 bits per heavy atom. The van der Waals surface area contributed by atoms with Crippen LogP contribution in [0.2, 0.25) is 0 Å². The molecule has 2 aromatic rings. The molecule has 0 bridgehead atoms. The highest BCUT2D eigenvalue weighted by molar-refractivity contribution is 5.92. The lowest BCUT2D eigenvalue weighted by Crippen LogP contribution is -2.16. The zero-order valence-corrected chi connectivity index (χ0v) is 12.7. The predicted octanol–water partition coefficient (Wildman–Crippen LogP) is 3.23. The van der Waals surface area contributed by atoms with Crippen molar-refractivity contribution in [2.24, 2.45) is 0 Å². The van der Waals surface area contributed by atoms with E-state index in [2.05, 4.69) is 16.7 Å². The number of hydrogen-bond donors (Lipinski definition) is 2. The van der Waals surface area contributed by atoms with Crippen LogP contribution >= 0.6 is 0 Å². The number of carbonyl (C=O) groups is 1. The molecular weight excluding hydrogens is 276 g/mol. The van der Waals surface area contributed by atoms with Crippen LogP contribution in [0.5, 0.6) is 5.75 Å². The van der Waals surface area contributed by atoms with Crippen LogP contribution in [0.3, 0.4) is 0 Å². The Morgan fingerprint density at radius 3 is 3.05 bits per heavy atom. The van der Waals surface area contributed by atoms with Gasteiger partial charge in [-0.25, -0.2) is 0 Å². The molecule has 0 aromatic heterocycles. The fourth-order valence-electron chi connectivity index (χ4n) is 2.73. The quantitative estimate of drug-likeness (QED) is 0.910. The van der Waals surface area contributed by atoms with Crippen LogP contribution in [0.1, 0.15) is 17.5 Å². The van der Waals surface area contributed by atoms with Crippen molar-refractivity contribution in [3.63, 3.8) is 0 Å². The topological polar surface area (TPSA) is 50.4 Å². The van der Waals surface area contributed by atoms with Crippen molar-refractivity contribution in [2.75, 3.05) is 24.3 Å². The van der Waals surface area contributed by atoms with Crippen molar-refractivity contribution >= 4 is 17.3 Å². The summed E-state index contributed by atoms with van der Waals surface area (Å²) in [6, 6.07) is 13.6. The van der Waals surface area contributed by atoms with E-state index in [1.807, 2.05) is 36.4 Å². The number of ether oxygens (including phenoxy) is 1. The van der Waals surface area contributed by atoms with Crippen LogP contribution in [0.4, 0.5) is 11.4 Å². The molecule has 1 amide bonds. The first-order valence-corrected chi connectivity index (χ1v) is 7.54. The number of hydrogen-bond acceptors (Lipinski definition) is 3. The summed E-state index contributed by atoms with van der Waals surface area (Å²) in [7, 11) is 1.63. The van der Waals surface area contributed by atoms with Gasteiger partial charge in [-0.2, -0.15) is 0 Å². The summed E-state index contributed by atoms with van der Waals surface area (Å²) in [5, 5.41) is 6.34. The Bertz CT molecular complexity index is 683. The molecule has 2 N–H and O–H groups in total. The minimum Gasteiger partial charge on any atom is -0.497 e. The molecule has 0 saturated heterocycles. The molecule has 3 rings (SSSR count). The average molecular weight is 296 g/mol. The molecular formula is C18H20N2O2. The van der Waals surface area contributed by atoms with Crippen LogP contribution in [-0.2, 0) is 17.6 Å². The number of aryl methyl sites for hydroxylation is 1. The maximum Gasteiger partial charge on any atom is 0.228 e. The number of fused-ring (bicyclic) bond motifs is 1. The molecule has 1 aliphatic rings. The second kappa shape index (κ2) is 6.52. The van der Waals surface area contributed by atoms with Gasteiger partial charge in [0.1, 0.15) is 5.75 Å². The smallest absolute Gasteiger partial charge is 0.228 e. The van der Waals surface area contributed by atoms with E-state index >= 15 is 0 Å². The summed E-state index contributed by atoms with van der Waals surface area (Å²) in [6.07, 6.45) is 2.53. The summed E-state index contributed by atoms with van der Waals surface area (Å²) in [6.45, 7) is 1.02. The van der Waals surface area contributed by atoms with Crippen LogP contribution in [-0.4, -0.2) is 19.6 Å². The molecule has 0 fully saturated rings. The van der Waals surface area contributed by atoms with Gasteiger partial charge in [0, 0.05) is 17.9 Å². The summed E-state index contributed by atoms with van der Waals surface area (Å²) >= 11 is 0. The molecule has 0 aliphatic carbocycles. The van der Waals surface area contributed by atoms with Crippen molar-refractivity contribution in [3.05, 3.63) is 53.6 Å². The maximum atomic E-state index is 12.2. The molecule has 0 atom stereocenters. The largest absolute Gasteiger partial charge is 0.497 e. The van der Waals surface area contributed by atoms with Gasteiger partial charge in [0.2, 0.25) is 5.91 Å². The Balaban J connectivity index is 1.66. The Hall–Kier alpha value is -2.49. The van der Waals surface area contributed by atoms with Crippen molar-refractivity contribution < 1.29 is 9.53 Å². The van der Waals surface area contributed by atoms with Crippen LogP contribution in [0.15, 0.2) is 42.5 Å². The van der Waals surface area contributed by atoms with Crippen molar-refractivity contribution in [2.45, 2.75) is 19.3 Å². The van der Waals surface area contributed by atoms with Gasteiger partial charge in [-0.05, 0) is 54.3 Å². The van der Waals surface area contributed by atoms with Crippen molar-refractivity contribution in [1.82, 2.24) is 0 Å². The molecule has 0 spiro atoms. The summed E-state index contributed by atoms with van der Waals surface area (Å²) in [5.74, 6) is 0.752. The Labute approximate surface area is 130 Å². The van der Waals surface area contributed by atoms with Gasteiger partial charge in [-0.3, -0.25) is 4.79 Å². The first kappa shape index (κ1) is 14.4. The van der Waals surface area contributed by atoms with E-state index in [0.717, 1.165) is 36.4 Å². The first-order chi connectivity index (χ1) is 10.7. The standard InChI is InChI=1S/C18H20N2O2/c1-22-16-6-2-4-13(10-16)11-18(21)20-15-7-8-17-14(12-15)5-3-9-19-17/h2,4,6-8,10,12,19H,3,5,9,11H2,1H3,(H,20,21). The van der Waals surface area contributed by atoms with E-state index in [0.29, 0.717) is 6.42 Å².